The minimum absolute atomic E-state index is 0.188. The van der Waals surface area contributed by atoms with E-state index in [2.05, 4.69) is 4.98 Å². The van der Waals surface area contributed by atoms with Gasteiger partial charge in [-0.25, -0.2) is 4.98 Å². The molecule has 0 aliphatic heterocycles. The van der Waals surface area contributed by atoms with Gasteiger partial charge >= 0.3 is 10.1 Å². The standard InChI is InChI=1S/C12H11NO3S2/c1-10-6-2-3-7-11(10)18(14,15)16-17-12-8-4-5-9-13-12/h2-9H,1H3/p+1. The first-order valence-electron chi connectivity index (χ1n) is 5.23. The zero-order chi connectivity index (χ0) is 13.0. The van der Waals surface area contributed by atoms with Crippen molar-refractivity contribution in [2.45, 2.75) is 16.8 Å². The number of pyridine rings is 1. The normalized spacial score (nSPS) is 11.4. The molecule has 2 rings (SSSR count). The van der Waals surface area contributed by atoms with Crippen LogP contribution >= 0.6 is 12.0 Å². The third kappa shape index (κ3) is 3.10. The molecule has 94 valence electrons. The average Bonchev–Trinajstić information content (AvgIpc) is 2.38. The highest BCUT2D eigenvalue weighted by molar-refractivity contribution is 8.04. The molecule has 1 aromatic carbocycles. The van der Waals surface area contributed by atoms with Crippen LogP contribution in [-0.4, -0.2) is 8.42 Å². The highest BCUT2D eigenvalue weighted by atomic mass is 32.3. The van der Waals surface area contributed by atoms with Gasteiger partial charge in [-0.2, -0.15) is 12.0 Å². The second kappa shape index (κ2) is 5.51. The molecule has 1 aromatic heterocycles. The van der Waals surface area contributed by atoms with Gasteiger partial charge in [0.05, 0.1) is 4.90 Å². The molecule has 1 heterocycles. The predicted octanol–water partition coefficient (Wildman–Crippen LogP) is 2.22. The van der Waals surface area contributed by atoms with Crippen LogP contribution in [0.25, 0.3) is 0 Å². The molecule has 0 atom stereocenters. The van der Waals surface area contributed by atoms with Crippen molar-refractivity contribution < 1.29 is 17.0 Å². The Bertz CT molecular complexity index is 627. The fourth-order valence-corrected chi connectivity index (χ4v) is 3.29. The van der Waals surface area contributed by atoms with E-state index >= 15 is 0 Å². The second-order valence-electron chi connectivity index (χ2n) is 3.60. The number of H-pyrrole nitrogens is 1. The Kier molecular flexibility index (Phi) is 4.00. The first-order valence-corrected chi connectivity index (χ1v) is 7.38. The zero-order valence-corrected chi connectivity index (χ0v) is 11.3. The summed E-state index contributed by atoms with van der Waals surface area (Å²) >= 11 is 0.787. The van der Waals surface area contributed by atoms with Gasteiger partial charge < -0.3 is 0 Å². The van der Waals surface area contributed by atoms with Gasteiger partial charge in [0.25, 0.3) is 5.03 Å². The second-order valence-corrected chi connectivity index (χ2v) is 6.10. The fraction of sp³-hybridized carbons (Fsp3) is 0.0833. The molecule has 0 aliphatic carbocycles. The first-order chi connectivity index (χ1) is 8.59. The summed E-state index contributed by atoms with van der Waals surface area (Å²) in [6.07, 6.45) is 1.70. The van der Waals surface area contributed by atoms with Crippen molar-refractivity contribution in [1.82, 2.24) is 0 Å². The summed E-state index contributed by atoms with van der Waals surface area (Å²) in [5.74, 6) is 0. The minimum atomic E-state index is -3.75. The number of benzene rings is 1. The summed E-state index contributed by atoms with van der Waals surface area (Å²) in [5.41, 5.74) is 0.662. The molecule has 0 saturated heterocycles. The molecule has 0 spiro atoms. The Morgan fingerprint density at radius 1 is 1.11 bits per heavy atom. The van der Waals surface area contributed by atoms with Crippen molar-refractivity contribution in [1.29, 1.82) is 0 Å². The van der Waals surface area contributed by atoms with E-state index in [1.54, 1.807) is 49.5 Å². The lowest BCUT2D eigenvalue weighted by Crippen LogP contribution is -2.07. The lowest BCUT2D eigenvalue weighted by Gasteiger charge is -2.04. The number of aryl methyl sites for hydroxylation is 1. The van der Waals surface area contributed by atoms with Gasteiger partial charge in [-0.3, -0.25) is 0 Å². The van der Waals surface area contributed by atoms with Crippen molar-refractivity contribution in [2.75, 3.05) is 0 Å². The number of hydrogen-bond donors (Lipinski definition) is 0. The third-order valence-corrected chi connectivity index (χ3v) is 4.68. The van der Waals surface area contributed by atoms with E-state index in [9.17, 15) is 8.42 Å². The molecule has 0 radical (unpaired) electrons. The lowest BCUT2D eigenvalue weighted by molar-refractivity contribution is -0.427. The van der Waals surface area contributed by atoms with E-state index in [0.29, 0.717) is 10.6 Å². The summed E-state index contributed by atoms with van der Waals surface area (Å²) in [5, 5.41) is 0.620. The summed E-state index contributed by atoms with van der Waals surface area (Å²) in [6.45, 7) is 1.73. The van der Waals surface area contributed by atoms with Gasteiger partial charge in [0.1, 0.15) is 12.0 Å². The molecule has 0 saturated carbocycles. The Hall–Kier alpha value is -1.37. The lowest BCUT2D eigenvalue weighted by atomic mass is 10.2. The van der Waals surface area contributed by atoms with Crippen LogP contribution in [-0.2, 0) is 13.7 Å². The predicted molar refractivity (Wildman–Crippen MR) is 68.3 cm³/mol. The Labute approximate surface area is 110 Å². The van der Waals surface area contributed by atoms with E-state index in [-0.39, 0.29) is 4.90 Å². The van der Waals surface area contributed by atoms with Gasteiger partial charge in [-0.15, -0.1) is 0 Å². The summed E-state index contributed by atoms with van der Waals surface area (Å²) in [4.78, 5) is 3.07. The number of rotatable bonds is 4. The molecular weight excluding hydrogens is 270 g/mol. The topological polar surface area (TPSA) is 57.5 Å². The fourth-order valence-electron chi connectivity index (χ4n) is 1.38. The Morgan fingerprint density at radius 2 is 1.83 bits per heavy atom. The van der Waals surface area contributed by atoms with Crippen LogP contribution in [0, 0.1) is 6.92 Å². The van der Waals surface area contributed by atoms with Gasteiger partial charge in [0, 0.05) is 12.1 Å². The van der Waals surface area contributed by atoms with Crippen LogP contribution in [0.1, 0.15) is 5.56 Å². The highest BCUT2D eigenvalue weighted by Gasteiger charge is 2.19. The molecule has 0 amide bonds. The molecule has 4 nitrogen and oxygen atoms in total. The maximum atomic E-state index is 12.0. The maximum absolute atomic E-state index is 12.0. The van der Waals surface area contributed by atoms with E-state index in [4.69, 9.17) is 3.63 Å². The van der Waals surface area contributed by atoms with Crippen molar-refractivity contribution >= 4 is 22.2 Å². The van der Waals surface area contributed by atoms with Gasteiger partial charge in [-0.05, 0) is 24.6 Å². The number of hydrogen-bond acceptors (Lipinski definition) is 4. The summed E-state index contributed by atoms with van der Waals surface area (Å²) in [7, 11) is -3.75. The van der Waals surface area contributed by atoms with Crippen molar-refractivity contribution in [2.24, 2.45) is 0 Å². The maximum Gasteiger partial charge on any atom is 0.308 e. The Morgan fingerprint density at radius 3 is 2.50 bits per heavy atom. The van der Waals surface area contributed by atoms with Crippen LogP contribution in [0.3, 0.4) is 0 Å². The first kappa shape index (κ1) is 13.1. The molecule has 0 aliphatic rings. The SMILES string of the molecule is Cc1ccccc1S(=O)(=O)OSc1cccc[nH+]1. The molecular formula is C12H12NO3S2+. The van der Waals surface area contributed by atoms with E-state index in [0.717, 1.165) is 12.0 Å². The van der Waals surface area contributed by atoms with Gasteiger partial charge in [0.2, 0.25) is 0 Å². The van der Waals surface area contributed by atoms with E-state index in [1.165, 1.54) is 6.07 Å². The average molecular weight is 282 g/mol. The number of aromatic nitrogens is 1. The largest absolute Gasteiger partial charge is 0.308 e. The van der Waals surface area contributed by atoms with Crippen molar-refractivity contribution in [3.8, 4) is 0 Å². The Balaban J connectivity index is 2.16. The number of aromatic amines is 1. The quantitative estimate of drug-likeness (QED) is 0.807. The molecule has 18 heavy (non-hydrogen) atoms. The van der Waals surface area contributed by atoms with Crippen LogP contribution < -0.4 is 4.98 Å². The molecule has 6 heteroatoms. The van der Waals surface area contributed by atoms with Crippen LogP contribution in [0.15, 0.2) is 58.6 Å². The van der Waals surface area contributed by atoms with Crippen molar-refractivity contribution in [3.63, 3.8) is 0 Å². The smallest absolute Gasteiger partial charge is 0.204 e. The van der Waals surface area contributed by atoms with Crippen LogP contribution in [0.4, 0.5) is 0 Å². The van der Waals surface area contributed by atoms with E-state index in [1.807, 2.05) is 0 Å². The molecule has 0 unspecified atom stereocenters. The van der Waals surface area contributed by atoms with Gasteiger partial charge in [-0.1, -0.05) is 18.2 Å². The molecule has 0 bridgehead atoms. The van der Waals surface area contributed by atoms with Crippen molar-refractivity contribution in [3.05, 3.63) is 54.2 Å². The third-order valence-electron chi connectivity index (χ3n) is 2.26. The molecule has 2 aromatic rings. The molecule has 1 N–H and O–H groups in total. The minimum Gasteiger partial charge on any atom is -0.204 e. The van der Waals surface area contributed by atoms with E-state index < -0.39 is 10.1 Å². The highest BCUT2D eigenvalue weighted by Crippen LogP contribution is 2.24. The van der Waals surface area contributed by atoms with Crippen LogP contribution in [0.2, 0.25) is 0 Å². The summed E-state index contributed by atoms with van der Waals surface area (Å²) in [6, 6.07) is 12.0. The summed E-state index contributed by atoms with van der Waals surface area (Å²) < 4.78 is 28.9. The van der Waals surface area contributed by atoms with Crippen LogP contribution in [0.5, 0.6) is 0 Å². The number of nitrogens with one attached hydrogen (secondary N) is 1. The molecule has 0 fully saturated rings. The monoisotopic (exact) mass is 282 g/mol. The van der Waals surface area contributed by atoms with Gasteiger partial charge in [0.15, 0.2) is 6.20 Å². The zero-order valence-electron chi connectivity index (χ0n) is 9.66.